The number of hydrogen-bond donors (Lipinski definition) is 1. The summed E-state index contributed by atoms with van der Waals surface area (Å²) in [6, 6.07) is 18.1. The van der Waals surface area contributed by atoms with Gasteiger partial charge in [-0.1, -0.05) is 60.7 Å². The number of hydrogen-bond acceptors (Lipinski definition) is 2. The van der Waals surface area contributed by atoms with Crippen LogP contribution in [-0.4, -0.2) is 17.4 Å². The van der Waals surface area contributed by atoms with Gasteiger partial charge in [0.1, 0.15) is 0 Å². The van der Waals surface area contributed by atoms with Crippen LogP contribution in [0.25, 0.3) is 0 Å². The minimum Gasteiger partial charge on any atom is -0.365 e. The molecule has 0 saturated carbocycles. The Kier molecular flexibility index (Phi) is 4.72. The maximum absolute atomic E-state index is 12.7. The van der Waals surface area contributed by atoms with E-state index in [1.54, 1.807) is 4.90 Å². The molecule has 2 aromatic rings. The molecule has 0 bridgehead atoms. The molecule has 3 rings (SSSR count). The summed E-state index contributed by atoms with van der Waals surface area (Å²) in [5.74, 6) is -0.116. The lowest BCUT2D eigenvalue weighted by molar-refractivity contribution is -0.112. The molecule has 1 N–H and O–H groups in total. The number of benzene rings is 2. The highest BCUT2D eigenvalue weighted by Gasteiger charge is 2.25. The van der Waals surface area contributed by atoms with Gasteiger partial charge in [-0.25, -0.2) is 0 Å². The van der Waals surface area contributed by atoms with Crippen LogP contribution >= 0.6 is 12.2 Å². The largest absolute Gasteiger partial charge is 0.365 e. The summed E-state index contributed by atoms with van der Waals surface area (Å²) in [5, 5.41) is 3.16. The second-order valence-corrected chi connectivity index (χ2v) is 6.20. The van der Waals surface area contributed by atoms with Gasteiger partial charge in [-0.3, -0.25) is 4.79 Å². The SMILES string of the molecule is CC(NC(=S)C(=O)N1CCCc2ccccc21)c1ccccc1. The van der Waals surface area contributed by atoms with Crippen molar-refractivity contribution in [1.82, 2.24) is 5.32 Å². The minimum atomic E-state index is -0.116. The molecule has 3 nitrogen and oxygen atoms in total. The predicted molar refractivity (Wildman–Crippen MR) is 97.7 cm³/mol. The van der Waals surface area contributed by atoms with Gasteiger partial charge in [0, 0.05) is 18.3 Å². The summed E-state index contributed by atoms with van der Waals surface area (Å²) < 4.78 is 0. The molecule has 0 fully saturated rings. The van der Waals surface area contributed by atoms with Crippen molar-refractivity contribution in [3.05, 3.63) is 65.7 Å². The van der Waals surface area contributed by atoms with Gasteiger partial charge in [-0.2, -0.15) is 0 Å². The van der Waals surface area contributed by atoms with Crippen LogP contribution in [0.2, 0.25) is 0 Å². The molecule has 4 heteroatoms. The quantitative estimate of drug-likeness (QED) is 0.856. The van der Waals surface area contributed by atoms with Gasteiger partial charge in [-0.15, -0.1) is 0 Å². The number of nitrogens with zero attached hydrogens (tertiary/aromatic N) is 1. The monoisotopic (exact) mass is 324 g/mol. The molecule has 0 aromatic heterocycles. The highest BCUT2D eigenvalue weighted by molar-refractivity contribution is 7.82. The zero-order valence-electron chi connectivity index (χ0n) is 13.2. The van der Waals surface area contributed by atoms with Gasteiger partial charge in [0.05, 0.1) is 0 Å². The third-order valence-corrected chi connectivity index (χ3v) is 4.49. The molecule has 0 saturated heterocycles. The number of fused-ring (bicyclic) bond motifs is 1. The van der Waals surface area contributed by atoms with E-state index in [0.29, 0.717) is 0 Å². The van der Waals surface area contributed by atoms with E-state index in [4.69, 9.17) is 12.2 Å². The first-order valence-corrected chi connectivity index (χ1v) is 8.33. The van der Waals surface area contributed by atoms with Crippen molar-refractivity contribution in [2.45, 2.75) is 25.8 Å². The van der Waals surface area contributed by atoms with Crippen molar-refractivity contribution in [1.29, 1.82) is 0 Å². The highest BCUT2D eigenvalue weighted by atomic mass is 32.1. The maximum Gasteiger partial charge on any atom is 0.285 e. The van der Waals surface area contributed by atoms with Crippen molar-refractivity contribution in [2.75, 3.05) is 11.4 Å². The fourth-order valence-electron chi connectivity index (χ4n) is 2.95. The Bertz CT molecular complexity index is 714. The van der Waals surface area contributed by atoms with E-state index in [1.807, 2.05) is 55.5 Å². The van der Waals surface area contributed by atoms with Gasteiger partial charge in [-0.05, 0) is 37.0 Å². The topological polar surface area (TPSA) is 32.3 Å². The number of anilines is 1. The molecule has 1 unspecified atom stereocenters. The van der Waals surface area contributed by atoms with E-state index in [9.17, 15) is 4.79 Å². The highest BCUT2D eigenvalue weighted by Crippen LogP contribution is 2.27. The number of carbonyl (C=O) groups excluding carboxylic acids is 1. The normalized spacial score (nSPS) is 14.7. The minimum absolute atomic E-state index is 0.00712. The molecule has 23 heavy (non-hydrogen) atoms. The van der Waals surface area contributed by atoms with Gasteiger partial charge in [0.15, 0.2) is 4.99 Å². The average Bonchev–Trinajstić information content (AvgIpc) is 2.61. The summed E-state index contributed by atoms with van der Waals surface area (Å²) in [7, 11) is 0. The summed E-state index contributed by atoms with van der Waals surface area (Å²) in [6.45, 7) is 2.73. The van der Waals surface area contributed by atoms with E-state index in [0.717, 1.165) is 30.6 Å². The third kappa shape index (κ3) is 3.42. The van der Waals surface area contributed by atoms with Crippen molar-refractivity contribution < 1.29 is 4.79 Å². The molecule has 0 spiro atoms. The second-order valence-electron chi connectivity index (χ2n) is 5.79. The van der Waals surface area contributed by atoms with Crippen LogP contribution in [0.4, 0.5) is 5.69 Å². The number of thiocarbonyl (C=S) groups is 1. The van der Waals surface area contributed by atoms with Crippen molar-refractivity contribution >= 4 is 28.8 Å². The standard InChI is InChI=1S/C19H20N2OS/c1-14(15-8-3-2-4-9-15)20-18(23)19(22)21-13-7-11-16-10-5-6-12-17(16)21/h2-6,8-10,12,14H,7,11,13H2,1H3,(H,20,23). The lowest BCUT2D eigenvalue weighted by Crippen LogP contribution is -2.44. The molecule has 1 atom stereocenters. The van der Waals surface area contributed by atoms with Crippen LogP contribution in [0.1, 0.15) is 30.5 Å². The Hall–Kier alpha value is -2.20. The Morgan fingerprint density at radius 2 is 1.83 bits per heavy atom. The van der Waals surface area contributed by atoms with Crippen molar-refractivity contribution in [3.63, 3.8) is 0 Å². The van der Waals surface area contributed by atoms with Crippen LogP contribution in [0, 0.1) is 0 Å². The zero-order valence-corrected chi connectivity index (χ0v) is 14.0. The summed E-state index contributed by atoms with van der Waals surface area (Å²) in [4.78, 5) is 14.8. The lowest BCUT2D eigenvalue weighted by Gasteiger charge is -2.30. The van der Waals surface area contributed by atoms with Crippen LogP contribution in [0.15, 0.2) is 54.6 Å². The number of aryl methyl sites for hydroxylation is 1. The maximum atomic E-state index is 12.7. The Morgan fingerprint density at radius 1 is 1.13 bits per heavy atom. The second kappa shape index (κ2) is 6.92. The summed E-state index contributed by atoms with van der Waals surface area (Å²) >= 11 is 5.36. The average molecular weight is 324 g/mol. The van der Waals surface area contributed by atoms with Gasteiger partial charge in [0.2, 0.25) is 0 Å². The van der Waals surface area contributed by atoms with Gasteiger partial charge in [0.25, 0.3) is 5.91 Å². The molecular formula is C19H20N2OS. The van der Waals surface area contributed by atoms with Crippen LogP contribution < -0.4 is 10.2 Å². The zero-order chi connectivity index (χ0) is 16.2. The first-order chi connectivity index (χ1) is 11.2. The molecule has 118 valence electrons. The smallest absolute Gasteiger partial charge is 0.285 e. The van der Waals surface area contributed by atoms with Crippen molar-refractivity contribution in [3.8, 4) is 0 Å². The van der Waals surface area contributed by atoms with E-state index < -0.39 is 0 Å². The molecule has 1 amide bonds. The predicted octanol–water partition coefficient (Wildman–Crippen LogP) is 3.64. The van der Waals surface area contributed by atoms with Crippen LogP contribution in [0.3, 0.4) is 0 Å². The molecule has 1 heterocycles. The summed E-state index contributed by atoms with van der Waals surface area (Å²) in [6.07, 6.45) is 1.99. The van der Waals surface area contributed by atoms with Crippen LogP contribution in [-0.2, 0) is 11.2 Å². The molecule has 2 aromatic carbocycles. The Labute approximate surface area is 142 Å². The number of nitrogens with one attached hydrogen (secondary N) is 1. The Balaban J connectivity index is 1.72. The van der Waals surface area contributed by atoms with Gasteiger partial charge < -0.3 is 10.2 Å². The van der Waals surface area contributed by atoms with Crippen LogP contribution in [0.5, 0.6) is 0 Å². The molecule has 1 aliphatic heterocycles. The third-order valence-electron chi connectivity index (χ3n) is 4.20. The first-order valence-electron chi connectivity index (χ1n) is 7.92. The number of carbonyl (C=O) groups is 1. The molecule has 0 aliphatic carbocycles. The fourth-order valence-corrected chi connectivity index (χ4v) is 3.24. The van der Waals surface area contributed by atoms with E-state index >= 15 is 0 Å². The Morgan fingerprint density at radius 3 is 2.61 bits per heavy atom. The fraction of sp³-hybridized carbons (Fsp3) is 0.263. The number of para-hydroxylation sites is 1. The number of amides is 1. The van der Waals surface area contributed by atoms with E-state index in [2.05, 4.69) is 11.4 Å². The molecule has 0 radical (unpaired) electrons. The summed E-state index contributed by atoms with van der Waals surface area (Å²) in [5.41, 5.74) is 3.31. The van der Waals surface area contributed by atoms with Crippen molar-refractivity contribution in [2.24, 2.45) is 0 Å². The van der Waals surface area contributed by atoms with E-state index in [-0.39, 0.29) is 16.9 Å². The molecule has 1 aliphatic rings. The lowest BCUT2D eigenvalue weighted by atomic mass is 10.0. The molecular weight excluding hydrogens is 304 g/mol. The first kappa shape index (κ1) is 15.7. The number of rotatable bonds is 2. The van der Waals surface area contributed by atoms with E-state index in [1.165, 1.54) is 5.56 Å². The van der Waals surface area contributed by atoms with Gasteiger partial charge >= 0.3 is 0 Å².